The first kappa shape index (κ1) is 19.9. The molecule has 1 fully saturated rings. The van der Waals surface area contributed by atoms with Crippen LogP contribution in [0.2, 0.25) is 0 Å². The summed E-state index contributed by atoms with van der Waals surface area (Å²) in [5, 5.41) is 10.8. The molecule has 0 aliphatic carbocycles. The molecule has 1 aliphatic rings. The number of ether oxygens (including phenoxy) is 1. The van der Waals surface area contributed by atoms with Gasteiger partial charge in [0.05, 0.1) is 12.8 Å². The van der Waals surface area contributed by atoms with Crippen molar-refractivity contribution in [1.82, 2.24) is 10.2 Å². The Labute approximate surface area is 161 Å². The first-order valence-electron chi connectivity index (χ1n) is 8.91. The predicted octanol–water partition coefficient (Wildman–Crippen LogP) is 3.77. The molecule has 1 atom stereocenters. The largest absolute Gasteiger partial charge is 0.493 e. The van der Waals surface area contributed by atoms with E-state index in [1.54, 1.807) is 6.21 Å². The lowest BCUT2D eigenvalue weighted by atomic mass is 9.99. The van der Waals surface area contributed by atoms with Crippen LogP contribution in [-0.2, 0) is 11.0 Å². The molecule has 0 N–H and O–H groups in total. The molecule has 9 heteroatoms. The molecule has 0 saturated carbocycles. The second kappa shape index (κ2) is 8.90. The van der Waals surface area contributed by atoms with Crippen LogP contribution in [0.15, 0.2) is 41.6 Å². The first-order valence-corrected chi connectivity index (χ1v) is 8.91. The van der Waals surface area contributed by atoms with E-state index in [4.69, 9.17) is 4.74 Å². The summed E-state index contributed by atoms with van der Waals surface area (Å²) in [6, 6.07) is 9.82. The molecule has 1 aromatic heterocycles. The Hall–Kier alpha value is -2.84. The monoisotopic (exact) mass is 394 g/mol. The van der Waals surface area contributed by atoms with E-state index >= 15 is 0 Å². The minimum atomic E-state index is -4.48. The number of halogens is 3. The Morgan fingerprint density at radius 3 is 2.61 bits per heavy atom. The maximum absolute atomic E-state index is 12.6. The molecule has 0 radical (unpaired) electrons. The van der Waals surface area contributed by atoms with Crippen LogP contribution >= 0.6 is 0 Å². The summed E-state index contributed by atoms with van der Waals surface area (Å²) in [6.45, 7) is 1.93. The standard InChI is InChI=1S/C19H21F3N4O2/c1-27-23-11-14-4-6-16(7-5-14)28-13-15-3-2-10-26(12-15)18-9-8-17(24-25-18)19(20,21)22/h4-9,11,15H,2-3,10,12-13H2,1H3. The van der Waals surface area contributed by atoms with Crippen LogP contribution in [0.4, 0.5) is 19.0 Å². The molecule has 0 amide bonds. The second-order valence-corrected chi connectivity index (χ2v) is 6.53. The fourth-order valence-electron chi connectivity index (χ4n) is 3.03. The number of rotatable bonds is 6. The molecule has 0 bridgehead atoms. The summed E-state index contributed by atoms with van der Waals surface area (Å²) in [4.78, 5) is 6.59. The average Bonchev–Trinajstić information content (AvgIpc) is 2.71. The van der Waals surface area contributed by atoms with Gasteiger partial charge >= 0.3 is 6.18 Å². The molecule has 6 nitrogen and oxygen atoms in total. The lowest BCUT2D eigenvalue weighted by Gasteiger charge is -2.33. The number of hydrogen-bond acceptors (Lipinski definition) is 6. The third-order valence-electron chi connectivity index (χ3n) is 4.46. The van der Waals surface area contributed by atoms with Crippen LogP contribution in [0.3, 0.4) is 0 Å². The quantitative estimate of drug-likeness (QED) is 0.551. The summed E-state index contributed by atoms with van der Waals surface area (Å²) in [7, 11) is 1.48. The maximum atomic E-state index is 12.6. The molecule has 2 aromatic rings. The molecule has 150 valence electrons. The number of benzene rings is 1. The Kier molecular flexibility index (Phi) is 6.33. The summed E-state index contributed by atoms with van der Waals surface area (Å²) in [5.41, 5.74) is -0.0777. The maximum Gasteiger partial charge on any atom is 0.435 e. The minimum absolute atomic E-state index is 0.257. The van der Waals surface area contributed by atoms with E-state index in [1.165, 1.54) is 13.2 Å². The van der Waals surface area contributed by atoms with Gasteiger partial charge in [0.1, 0.15) is 12.9 Å². The van der Waals surface area contributed by atoms with Gasteiger partial charge in [0.25, 0.3) is 0 Å². The Morgan fingerprint density at radius 1 is 1.18 bits per heavy atom. The highest BCUT2D eigenvalue weighted by atomic mass is 19.4. The van der Waals surface area contributed by atoms with Gasteiger partial charge in [-0.15, -0.1) is 10.2 Å². The third kappa shape index (κ3) is 5.34. The van der Waals surface area contributed by atoms with Gasteiger partial charge in [0.15, 0.2) is 11.5 Å². The molecule has 1 unspecified atom stereocenters. The minimum Gasteiger partial charge on any atom is -0.493 e. The number of hydrogen-bond donors (Lipinski definition) is 0. The van der Waals surface area contributed by atoms with Gasteiger partial charge in [-0.05, 0) is 54.8 Å². The van der Waals surface area contributed by atoms with Crippen LogP contribution in [0, 0.1) is 5.92 Å². The zero-order chi connectivity index (χ0) is 20.0. The van der Waals surface area contributed by atoms with E-state index in [1.807, 2.05) is 29.2 Å². The average molecular weight is 394 g/mol. The number of alkyl halides is 3. The number of piperidine rings is 1. The molecule has 3 rings (SSSR count). The second-order valence-electron chi connectivity index (χ2n) is 6.53. The highest BCUT2D eigenvalue weighted by Gasteiger charge is 2.33. The van der Waals surface area contributed by atoms with Crippen molar-refractivity contribution in [3.63, 3.8) is 0 Å². The van der Waals surface area contributed by atoms with Crippen LogP contribution in [0.5, 0.6) is 5.75 Å². The fraction of sp³-hybridized carbons (Fsp3) is 0.421. The predicted molar refractivity (Wildman–Crippen MR) is 98.5 cm³/mol. The lowest BCUT2D eigenvalue weighted by molar-refractivity contribution is -0.141. The van der Waals surface area contributed by atoms with Crippen LogP contribution in [0.25, 0.3) is 0 Å². The number of nitrogens with zero attached hydrogens (tertiary/aromatic N) is 4. The van der Waals surface area contributed by atoms with Crippen molar-refractivity contribution in [2.75, 3.05) is 31.7 Å². The highest BCUT2D eigenvalue weighted by molar-refractivity contribution is 5.79. The van der Waals surface area contributed by atoms with Crippen molar-refractivity contribution in [2.24, 2.45) is 11.1 Å². The van der Waals surface area contributed by atoms with Gasteiger partial charge in [0.2, 0.25) is 0 Å². The zero-order valence-corrected chi connectivity index (χ0v) is 15.4. The molecule has 1 aliphatic heterocycles. The van der Waals surface area contributed by atoms with Crippen molar-refractivity contribution in [2.45, 2.75) is 19.0 Å². The zero-order valence-electron chi connectivity index (χ0n) is 15.4. The van der Waals surface area contributed by atoms with E-state index in [0.717, 1.165) is 36.8 Å². The molecular formula is C19H21F3N4O2. The van der Waals surface area contributed by atoms with Crippen molar-refractivity contribution >= 4 is 12.0 Å². The van der Waals surface area contributed by atoms with E-state index in [0.29, 0.717) is 19.0 Å². The highest BCUT2D eigenvalue weighted by Crippen LogP contribution is 2.28. The van der Waals surface area contributed by atoms with Gasteiger partial charge in [0, 0.05) is 19.0 Å². The Bertz CT molecular complexity index is 779. The van der Waals surface area contributed by atoms with Crippen molar-refractivity contribution < 1.29 is 22.7 Å². The van der Waals surface area contributed by atoms with Crippen LogP contribution in [-0.4, -0.2) is 43.2 Å². The smallest absolute Gasteiger partial charge is 0.435 e. The lowest BCUT2D eigenvalue weighted by Crippen LogP contribution is -2.38. The van der Waals surface area contributed by atoms with E-state index in [2.05, 4.69) is 20.2 Å². The van der Waals surface area contributed by atoms with E-state index in [9.17, 15) is 13.2 Å². The van der Waals surface area contributed by atoms with Gasteiger partial charge in [-0.3, -0.25) is 0 Å². The van der Waals surface area contributed by atoms with E-state index in [-0.39, 0.29) is 5.92 Å². The summed E-state index contributed by atoms with van der Waals surface area (Å²) < 4.78 is 43.7. The molecule has 0 spiro atoms. The Morgan fingerprint density at radius 2 is 1.96 bits per heavy atom. The van der Waals surface area contributed by atoms with Gasteiger partial charge in [-0.1, -0.05) is 5.16 Å². The van der Waals surface area contributed by atoms with E-state index < -0.39 is 11.9 Å². The topological polar surface area (TPSA) is 59.8 Å². The van der Waals surface area contributed by atoms with Crippen molar-refractivity contribution in [1.29, 1.82) is 0 Å². The molecule has 2 heterocycles. The first-order chi connectivity index (χ1) is 13.5. The van der Waals surface area contributed by atoms with Crippen LogP contribution in [0.1, 0.15) is 24.1 Å². The van der Waals surface area contributed by atoms with Gasteiger partial charge in [-0.25, -0.2) is 0 Å². The molecule has 28 heavy (non-hydrogen) atoms. The van der Waals surface area contributed by atoms with Crippen molar-refractivity contribution in [3.05, 3.63) is 47.7 Å². The summed E-state index contributed by atoms with van der Waals surface area (Å²) in [5.74, 6) is 1.47. The Balaban J connectivity index is 1.54. The van der Waals surface area contributed by atoms with Gasteiger partial charge < -0.3 is 14.5 Å². The number of aromatic nitrogens is 2. The van der Waals surface area contributed by atoms with Crippen molar-refractivity contribution in [3.8, 4) is 5.75 Å². The number of oxime groups is 1. The van der Waals surface area contributed by atoms with Crippen LogP contribution < -0.4 is 9.64 Å². The SMILES string of the molecule is CON=Cc1ccc(OCC2CCCN(c3ccc(C(F)(F)F)nn3)C2)cc1. The fourth-order valence-corrected chi connectivity index (χ4v) is 3.03. The van der Waals surface area contributed by atoms with Gasteiger partial charge in [-0.2, -0.15) is 13.2 Å². The third-order valence-corrected chi connectivity index (χ3v) is 4.46. The molecular weight excluding hydrogens is 373 g/mol. The summed E-state index contributed by atoms with van der Waals surface area (Å²) in [6.07, 6.45) is -0.963. The number of anilines is 1. The normalized spacial score (nSPS) is 17.7. The molecule has 1 saturated heterocycles. The molecule has 1 aromatic carbocycles. The summed E-state index contributed by atoms with van der Waals surface area (Å²) >= 11 is 0.